The lowest BCUT2D eigenvalue weighted by molar-refractivity contribution is 0.0607. The molecule has 0 unspecified atom stereocenters. The van der Waals surface area contributed by atoms with Gasteiger partial charge in [-0.15, -0.1) is 11.3 Å². The monoisotopic (exact) mass is 279 g/mol. The molecular formula is C14H14FNO2S. The van der Waals surface area contributed by atoms with Crippen molar-refractivity contribution in [2.45, 2.75) is 13.3 Å². The van der Waals surface area contributed by atoms with Gasteiger partial charge in [0.05, 0.1) is 12.8 Å². The topological polar surface area (TPSA) is 52.3 Å². The van der Waals surface area contributed by atoms with Crippen LogP contribution < -0.4 is 5.73 Å². The summed E-state index contributed by atoms with van der Waals surface area (Å²) in [6.45, 7) is 1.95. The summed E-state index contributed by atoms with van der Waals surface area (Å²) in [5, 5.41) is 0. The van der Waals surface area contributed by atoms with Gasteiger partial charge in [0.25, 0.3) is 0 Å². The van der Waals surface area contributed by atoms with Crippen LogP contribution in [0.4, 0.5) is 10.1 Å². The van der Waals surface area contributed by atoms with Crippen molar-refractivity contribution in [3.05, 3.63) is 40.5 Å². The molecule has 100 valence electrons. The van der Waals surface area contributed by atoms with Crippen LogP contribution in [0.25, 0.3) is 10.4 Å². The van der Waals surface area contributed by atoms with Gasteiger partial charge in [-0.1, -0.05) is 19.1 Å². The summed E-state index contributed by atoms with van der Waals surface area (Å²) in [6, 6.07) is 6.26. The van der Waals surface area contributed by atoms with Gasteiger partial charge in [-0.05, 0) is 29.7 Å². The van der Waals surface area contributed by atoms with E-state index in [4.69, 9.17) is 10.5 Å². The highest BCUT2D eigenvalue weighted by atomic mass is 32.1. The molecule has 0 saturated carbocycles. The second-order valence-electron chi connectivity index (χ2n) is 4.01. The van der Waals surface area contributed by atoms with Gasteiger partial charge < -0.3 is 10.5 Å². The molecule has 5 heteroatoms. The van der Waals surface area contributed by atoms with Crippen LogP contribution in [-0.2, 0) is 11.2 Å². The lowest BCUT2D eigenvalue weighted by Gasteiger charge is -2.02. The Morgan fingerprint density at radius 1 is 1.47 bits per heavy atom. The molecule has 2 aromatic rings. The first-order valence-corrected chi connectivity index (χ1v) is 6.65. The Hall–Kier alpha value is -1.88. The molecule has 0 aliphatic carbocycles. The molecule has 0 aliphatic heterocycles. The quantitative estimate of drug-likeness (QED) is 0.875. The smallest absolute Gasteiger partial charge is 0.350 e. The van der Waals surface area contributed by atoms with Crippen LogP contribution in [0, 0.1) is 5.82 Å². The summed E-state index contributed by atoms with van der Waals surface area (Å²) < 4.78 is 18.0. The van der Waals surface area contributed by atoms with E-state index < -0.39 is 5.97 Å². The van der Waals surface area contributed by atoms with E-state index in [1.54, 1.807) is 12.1 Å². The van der Waals surface area contributed by atoms with Crippen molar-refractivity contribution in [3.8, 4) is 10.4 Å². The molecule has 1 heterocycles. The minimum absolute atomic E-state index is 0.314. The van der Waals surface area contributed by atoms with Crippen LogP contribution in [0.15, 0.2) is 24.3 Å². The molecule has 0 amide bonds. The Morgan fingerprint density at radius 3 is 2.79 bits per heavy atom. The van der Waals surface area contributed by atoms with E-state index in [0.717, 1.165) is 16.0 Å². The van der Waals surface area contributed by atoms with Gasteiger partial charge in [0.2, 0.25) is 0 Å². The molecule has 0 aliphatic rings. The fourth-order valence-electron chi connectivity index (χ4n) is 1.94. The van der Waals surface area contributed by atoms with Crippen molar-refractivity contribution in [1.82, 2.24) is 0 Å². The third-order valence-electron chi connectivity index (χ3n) is 2.86. The molecule has 2 N–H and O–H groups in total. The molecule has 0 atom stereocenters. The Balaban J connectivity index is 2.60. The van der Waals surface area contributed by atoms with Gasteiger partial charge in [-0.25, -0.2) is 9.18 Å². The van der Waals surface area contributed by atoms with Gasteiger partial charge in [0.1, 0.15) is 10.7 Å². The van der Waals surface area contributed by atoms with Crippen LogP contribution in [-0.4, -0.2) is 13.1 Å². The lowest BCUT2D eigenvalue weighted by Crippen LogP contribution is -2.02. The minimum Gasteiger partial charge on any atom is -0.465 e. The van der Waals surface area contributed by atoms with E-state index >= 15 is 0 Å². The predicted octanol–water partition coefficient (Wildman–Crippen LogP) is 3.49. The fourth-order valence-corrected chi connectivity index (χ4v) is 3.16. The molecule has 0 bridgehead atoms. The van der Waals surface area contributed by atoms with Crippen LogP contribution in [0.1, 0.15) is 22.2 Å². The minimum atomic E-state index is -0.458. The maximum Gasteiger partial charge on any atom is 0.350 e. The Morgan fingerprint density at radius 2 is 2.21 bits per heavy atom. The summed E-state index contributed by atoms with van der Waals surface area (Å²) in [5.41, 5.74) is 7.99. The van der Waals surface area contributed by atoms with Crippen molar-refractivity contribution < 1.29 is 13.9 Å². The number of methoxy groups -OCH3 is 1. The van der Waals surface area contributed by atoms with E-state index in [9.17, 15) is 9.18 Å². The first-order chi connectivity index (χ1) is 9.08. The van der Waals surface area contributed by atoms with Gasteiger partial charge in [0.15, 0.2) is 0 Å². The number of hydrogen-bond donors (Lipinski definition) is 1. The predicted molar refractivity (Wildman–Crippen MR) is 74.8 cm³/mol. The van der Waals surface area contributed by atoms with E-state index in [0.29, 0.717) is 17.0 Å². The number of nitrogen functional groups attached to an aromatic ring is 1. The summed E-state index contributed by atoms with van der Waals surface area (Å²) in [5.74, 6) is -0.772. The molecule has 3 nitrogen and oxygen atoms in total. The molecular weight excluding hydrogens is 265 g/mol. The number of carbonyl (C=O) groups excluding carboxylic acids is 1. The van der Waals surface area contributed by atoms with E-state index in [2.05, 4.69) is 0 Å². The van der Waals surface area contributed by atoms with E-state index in [-0.39, 0.29) is 5.82 Å². The maximum absolute atomic E-state index is 13.3. The van der Waals surface area contributed by atoms with E-state index in [1.807, 2.05) is 6.92 Å². The number of benzene rings is 1. The van der Waals surface area contributed by atoms with Gasteiger partial charge in [-0.3, -0.25) is 0 Å². The van der Waals surface area contributed by atoms with Gasteiger partial charge in [-0.2, -0.15) is 0 Å². The summed E-state index contributed by atoms with van der Waals surface area (Å²) in [4.78, 5) is 12.8. The first-order valence-electron chi connectivity index (χ1n) is 5.83. The van der Waals surface area contributed by atoms with Crippen molar-refractivity contribution in [2.75, 3.05) is 12.8 Å². The number of anilines is 1. The zero-order valence-electron chi connectivity index (χ0n) is 10.7. The van der Waals surface area contributed by atoms with E-state index in [1.165, 1.54) is 30.6 Å². The summed E-state index contributed by atoms with van der Waals surface area (Å²) in [7, 11) is 1.31. The Kier molecular flexibility index (Phi) is 3.85. The van der Waals surface area contributed by atoms with Crippen molar-refractivity contribution in [3.63, 3.8) is 0 Å². The molecule has 1 aromatic carbocycles. The highest BCUT2D eigenvalue weighted by Gasteiger charge is 2.21. The molecule has 2 rings (SSSR count). The zero-order chi connectivity index (χ0) is 14.0. The number of carbonyl (C=O) groups is 1. The number of esters is 1. The summed E-state index contributed by atoms with van der Waals surface area (Å²) in [6.07, 6.45) is 0.672. The highest BCUT2D eigenvalue weighted by molar-refractivity contribution is 7.18. The highest BCUT2D eigenvalue weighted by Crippen LogP contribution is 2.39. The van der Waals surface area contributed by atoms with Gasteiger partial charge in [0, 0.05) is 4.88 Å². The Labute approximate surface area is 114 Å². The zero-order valence-corrected chi connectivity index (χ0v) is 11.5. The average molecular weight is 279 g/mol. The first kappa shape index (κ1) is 13.5. The fraction of sp³-hybridized carbons (Fsp3) is 0.214. The lowest BCUT2D eigenvalue weighted by atomic mass is 10.1. The second kappa shape index (κ2) is 5.40. The van der Waals surface area contributed by atoms with Crippen LogP contribution in [0.2, 0.25) is 0 Å². The molecule has 1 aromatic heterocycles. The molecule has 0 fully saturated rings. The van der Waals surface area contributed by atoms with Crippen LogP contribution >= 0.6 is 11.3 Å². The van der Waals surface area contributed by atoms with Crippen molar-refractivity contribution in [1.29, 1.82) is 0 Å². The molecule has 0 spiro atoms. The summed E-state index contributed by atoms with van der Waals surface area (Å²) >= 11 is 1.24. The Bertz CT molecular complexity index is 622. The SMILES string of the molecule is CCc1c(-c2cccc(F)c2)sc(C(=O)OC)c1N. The molecule has 19 heavy (non-hydrogen) atoms. The second-order valence-corrected chi connectivity index (χ2v) is 5.03. The normalized spacial score (nSPS) is 10.5. The largest absolute Gasteiger partial charge is 0.465 e. The van der Waals surface area contributed by atoms with Crippen molar-refractivity contribution in [2.24, 2.45) is 0 Å². The number of rotatable bonds is 3. The van der Waals surface area contributed by atoms with Crippen LogP contribution in [0.3, 0.4) is 0 Å². The number of thiophene rings is 1. The molecule has 0 saturated heterocycles. The number of ether oxygens (including phenoxy) is 1. The standard InChI is InChI=1S/C14H14FNO2S/c1-3-10-11(16)13(14(17)18-2)19-12(10)8-5-4-6-9(15)7-8/h4-7H,3,16H2,1-2H3. The molecule has 0 radical (unpaired) electrons. The average Bonchev–Trinajstić information content (AvgIpc) is 2.75. The number of hydrogen-bond acceptors (Lipinski definition) is 4. The van der Waals surface area contributed by atoms with Crippen LogP contribution in [0.5, 0.6) is 0 Å². The third kappa shape index (κ3) is 2.46. The number of halogens is 1. The van der Waals surface area contributed by atoms with Gasteiger partial charge >= 0.3 is 5.97 Å². The van der Waals surface area contributed by atoms with Crippen molar-refractivity contribution >= 4 is 23.0 Å². The number of nitrogens with two attached hydrogens (primary N) is 1. The maximum atomic E-state index is 13.3. The third-order valence-corrected chi connectivity index (χ3v) is 4.14.